The number of nitrogens with zero attached hydrogens (tertiary/aromatic N) is 1. The van der Waals surface area contributed by atoms with Gasteiger partial charge in [-0.25, -0.2) is 0 Å². The van der Waals surface area contributed by atoms with Gasteiger partial charge < -0.3 is 0 Å². The second-order valence-electron chi connectivity index (χ2n) is 5.46. The first-order chi connectivity index (χ1) is 6.77. The molecule has 0 aliphatic carbocycles. The first-order valence-electron chi connectivity index (χ1n) is 6.03. The number of likely N-dealkylation sites (N-methyl/N-ethyl adjacent to an activating group) is 1. The van der Waals surface area contributed by atoms with E-state index in [4.69, 9.17) is 0 Å². The van der Waals surface area contributed by atoms with Crippen LogP contribution in [0, 0.1) is 11.8 Å². The third-order valence-electron chi connectivity index (χ3n) is 2.90. The predicted octanol–water partition coefficient (Wildman–Crippen LogP) is 2.97. The zero-order valence-electron chi connectivity index (χ0n) is 11.4. The van der Waals surface area contributed by atoms with Crippen molar-refractivity contribution in [2.24, 2.45) is 11.8 Å². The van der Waals surface area contributed by atoms with Crippen LogP contribution in [0.2, 0.25) is 0 Å². The number of carbonyl (C=O) groups excluding carboxylic acids is 1. The van der Waals surface area contributed by atoms with Crippen LogP contribution in [0.4, 0.5) is 0 Å². The Hall–Kier alpha value is -0.370. The molecule has 0 heterocycles. The monoisotopic (exact) mass is 213 g/mol. The van der Waals surface area contributed by atoms with Gasteiger partial charge in [0, 0.05) is 12.0 Å². The van der Waals surface area contributed by atoms with Gasteiger partial charge in [0.15, 0.2) is 5.78 Å². The van der Waals surface area contributed by atoms with Crippen molar-refractivity contribution in [1.82, 2.24) is 4.90 Å². The van der Waals surface area contributed by atoms with Gasteiger partial charge in [0.2, 0.25) is 0 Å². The molecule has 0 unspecified atom stereocenters. The molecular formula is C13H27NO. The summed E-state index contributed by atoms with van der Waals surface area (Å²) in [6, 6.07) is 0.515. The minimum atomic E-state index is 0.0880. The van der Waals surface area contributed by atoms with Gasteiger partial charge in [-0.3, -0.25) is 9.69 Å². The second-order valence-corrected chi connectivity index (χ2v) is 5.46. The summed E-state index contributed by atoms with van der Waals surface area (Å²) < 4.78 is 0. The van der Waals surface area contributed by atoms with E-state index in [1.54, 1.807) is 0 Å². The van der Waals surface area contributed by atoms with Crippen molar-refractivity contribution >= 4 is 5.78 Å². The highest BCUT2D eigenvalue weighted by atomic mass is 16.1. The minimum Gasteiger partial charge on any atom is -0.298 e. The van der Waals surface area contributed by atoms with E-state index in [0.29, 0.717) is 17.7 Å². The van der Waals surface area contributed by atoms with E-state index < -0.39 is 0 Å². The summed E-state index contributed by atoms with van der Waals surface area (Å²) in [6.07, 6.45) is 0.964. The summed E-state index contributed by atoms with van der Waals surface area (Å²) in [5.74, 6) is 1.08. The van der Waals surface area contributed by atoms with E-state index in [-0.39, 0.29) is 12.0 Å². The maximum atomic E-state index is 12.1. The van der Waals surface area contributed by atoms with Crippen molar-refractivity contribution < 1.29 is 4.79 Å². The van der Waals surface area contributed by atoms with Crippen molar-refractivity contribution in [2.75, 3.05) is 7.05 Å². The Kier molecular flexibility index (Phi) is 6.11. The highest BCUT2D eigenvalue weighted by molar-refractivity contribution is 5.85. The van der Waals surface area contributed by atoms with Crippen LogP contribution in [0.15, 0.2) is 0 Å². The van der Waals surface area contributed by atoms with Crippen LogP contribution >= 0.6 is 0 Å². The quantitative estimate of drug-likeness (QED) is 0.676. The van der Waals surface area contributed by atoms with E-state index in [1.807, 2.05) is 13.8 Å². The molecule has 0 amide bonds. The van der Waals surface area contributed by atoms with Crippen LogP contribution in [0.1, 0.15) is 48.0 Å². The Bertz CT molecular complexity index is 197. The molecule has 0 aromatic heterocycles. The van der Waals surface area contributed by atoms with Crippen molar-refractivity contribution in [1.29, 1.82) is 0 Å². The average molecular weight is 213 g/mol. The molecule has 0 fully saturated rings. The third kappa shape index (κ3) is 4.78. The van der Waals surface area contributed by atoms with Crippen molar-refractivity contribution in [3.63, 3.8) is 0 Å². The van der Waals surface area contributed by atoms with E-state index in [9.17, 15) is 4.79 Å². The first-order valence-corrected chi connectivity index (χ1v) is 6.03. The van der Waals surface area contributed by atoms with Gasteiger partial charge in [-0.05, 0) is 33.2 Å². The number of Topliss-reactive ketones (excluding diaryl/α,β-unsaturated/α-hetero) is 1. The molecule has 0 aromatic rings. The lowest BCUT2D eigenvalue weighted by molar-refractivity contribution is -0.128. The predicted molar refractivity (Wildman–Crippen MR) is 66.0 cm³/mol. The Morgan fingerprint density at radius 2 is 1.53 bits per heavy atom. The summed E-state index contributed by atoms with van der Waals surface area (Å²) in [6.45, 7) is 12.6. The normalized spacial score (nSPS) is 14.3. The van der Waals surface area contributed by atoms with Crippen LogP contribution < -0.4 is 0 Å². The molecule has 0 saturated heterocycles. The third-order valence-corrected chi connectivity index (χ3v) is 2.90. The summed E-state index contributed by atoms with van der Waals surface area (Å²) in [5, 5.41) is 0. The fourth-order valence-electron chi connectivity index (χ4n) is 1.67. The number of hydrogen-bond donors (Lipinski definition) is 0. The molecule has 0 aromatic carbocycles. The van der Waals surface area contributed by atoms with Gasteiger partial charge >= 0.3 is 0 Å². The Morgan fingerprint density at radius 1 is 1.07 bits per heavy atom. The molecule has 1 atom stereocenters. The van der Waals surface area contributed by atoms with Gasteiger partial charge in [-0.1, -0.05) is 27.7 Å². The van der Waals surface area contributed by atoms with Crippen molar-refractivity contribution in [2.45, 2.75) is 60.0 Å². The van der Waals surface area contributed by atoms with E-state index in [1.165, 1.54) is 0 Å². The Balaban J connectivity index is 4.64. The van der Waals surface area contributed by atoms with Crippen LogP contribution in [-0.4, -0.2) is 29.8 Å². The fourth-order valence-corrected chi connectivity index (χ4v) is 1.67. The Labute approximate surface area is 95.0 Å². The summed E-state index contributed by atoms with van der Waals surface area (Å²) in [7, 11) is 2.05. The van der Waals surface area contributed by atoms with Gasteiger partial charge in [0.25, 0.3) is 0 Å². The molecule has 2 nitrogen and oxygen atoms in total. The minimum absolute atomic E-state index is 0.0880. The first kappa shape index (κ1) is 14.6. The lowest BCUT2D eigenvalue weighted by atomic mass is 9.92. The van der Waals surface area contributed by atoms with Crippen molar-refractivity contribution in [3.05, 3.63) is 0 Å². The molecule has 0 N–H and O–H groups in total. The zero-order chi connectivity index (χ0) is 12.2. The molecular weight excluding hydrogens is 186 g/mol. The molecule has 0 spiro atoms. The Morgan fingerprint density at radius 3 is 1.80 bits per heavy atom. The molecule has 0 saturated carbocycles. The van der Waals surface area contributed by atoms with Gasteiger partial charge in [0.05, 0.1) is 6.04 Å². The average Bonchev–Trinajstić information content (AvgIpc) is 2.11. The topological polar surface area (TPSA) is 20.3 Å². The highest BCUT2D eigenvalue weighted by Crippen LogP contribution is 2.17. The maximum Gasteiger partial charge on any atom is 0.152 e. The lowest BCUT2D eigenvalue weighted by Gasteiger charge is -2.32. The molecule has 2 heteroatoms. The van der Waals surface area contributed by atoms with Crippen molar-refractivity contribution in [3.8, 4) is 0 Å². The van der Waals surface area contributed by atoms with Crippen LogP contribution in [-0.2, 0) is 4.79 Å². The van der Waals surface area contributed by atoms with Gasteiger partial charge in [-0.2, -0.15) is 0 Å². The summed E-state index contributed by atoms with van der Waals surface area (Å²) in [4.78, 5) is 14.3. The zero-order valence-corrected chi connectivity index (χ0v) is 11.4. The lowest BCUT2D eigenvalue weighted by Crippen LogP contribution is -2.44. The van der Waals surface area contributed by atoms with Crippen LogP contribution in [0.5, 0.6) is 0 Å². The molecule has 0 rings (SSSR count). The summed E-state index contributed by atoms with van der Waals surface area (Å²) in [5.41, 5.74) is 0. The maximum absolute atomic E-state index is 12.1. The van der Waals surface area contributed by atoms with E-state index in [0.717, 1.165) is 6.42 Å². The van der Waals surface area contributed by atoms with Crippen LogP contribution in [0.3, 0.4) is 0 Å². The molecule has 0 aliphatic heterocycles. The smallest absolute Gasteiger partial charge is 0.152 e. The molecule has 0 aliphatic rings. The van der Waals surface area contributed by atoms with E-state index in [2.05, 4.69) is 39.6 Å². The number of rotatable bonds is 6. The molecule has 0 bridgehead atoms. The highest BCUT2D eigenvalue weighted by Gasteiger charge is 2.27. The summed E-state index contributed by atoms with van der Waals surface area (Å²) >= 11 is 0. The molecule has 90 valence electrons. The number of carbonyl (C=O) groups is 1. The van der Waals surface area contributed by atoms with Gasteiger partial charge in [0.1, 0.15) is 0 Å². The fraction of sp³-hybridized carbons (Fsp3) is 0.923. The largest absolute Gasteiger partial charge is 0.298 e. The van der Waals surface area contributed by atoms with Crippen LogP contribution in [0.25, 0.3) is 0 Å². The van der Waals surface area contributed by atoms with Gasteiger partial charge in [-0.15, -0.1) is 0 Å². The van der Waals surface area contributed by atoms with E-state index >= 15 is 0 Å². The standard InChI is InChI=1S/C13H27NO/c1-9(2)8-12(13(15)10(3)4)14(7)11(5)6/h9-12H,8H2,1-7H3/t12-/m0/s1. The number of ketones is 1. The number of hydrogen-bond acceptors (Lipinski definition) is 2. The SMILES string of the molecule is CC(C)C[C@@H](C(=O)C(C)C)N(C)C(C)C. The second kappa shape index (κ2) is 6.26. The molecule has 0 radical (unpaired) electrons. The molecule has 15 heavy (non-hydrogen) atoms.